The Bertz CT molecular complexity index is 831. The van der Waals surface area contributed by atoms with Crippen molar-refractivity contribution in [2.45, 2.75) is 37.8 Å². The maximum Gasteiger partial charge on any atom is 0.315 e. The number of hydrogen-bond donors (Lipinski definition) is 3. The lowest BCUT2D eigenvalue weighted by Crippen LogP contribution is -2.47. The average molecular weight is 399 g/mol. The van der Waals surface area contributed by atoms with Crippen LogP contribution >= 0.6 is 0 Å². The highest BCUT2D eigenvalue weighted by molar-refractivity contribution is 5.75. The van der Waals surface area contributed by atoms with Gasteiger partial charge in [0, 0.05) is 31.6 Å². The lowest BCUT2D eigenvalue weighted by atomic mass is 10.0. The van der Waals surface area contributed by atoms with E-state index in [0.717, 1.165) is 12.0 Å². The molecule has 0 radical (unpaired) electrons. The van der Waals surface area contributed by atoms with Crippen molar-refractivity contribution in [2.75, 3.05) is 18.0 Å². The van der Waals surface area contributed by atoms with Gasteiger partial charge in [0.1, 0.15) is 5.82 Å². The molecular weight excluding hydrogens is 373 g/mol. The zero-order valence-electron chi connectivity index (χ0n) is 16.2. The maximum atomic E-state index is 14.0. The first-order chi connectivity index (χ1) is 14.0. The number of urea groups is 1. The number of carboxylic acids is 1. The molecule has 6 nitrogen and oxygen atoms in total. The maximum absolute atomic E-state index is 14.0. The van der Waals surface area contributed by atoms with Crippen molar-refractivity contribution >= 4 is 17.7 Å². The predicted molar refractivity (Wildman–Crippen MR) is 109 cm³/mol. The molecule has 3 N–H and O–H groups in total. The Balaban J connectivity index is 1.54. The van der Waals surface area contributed by atoms with Crippen LogP contribution in [0.4, 0.5) is 14.9 Å². The fraction of sp³-hybridized carbons (Fsp3) is 0.364. The van der Waals surface area contributed by atoms with Gasteiger partial charge in [0.25, 0.3) is 0 Å². The molecule has 1 aliphatic heterocycles. The zero-order chi connectivity index (χ0) is 20.6. The van der Waals surface area contributed by atoms with E-state index in [4.69, 9.17) is 5.11 Å². The first-order valence-electron chi connectivity index (χ1n) is 9.83. The number of nitrogens with zero attached hydrogens (tertiary/aromatic N) is 1. The molecule has 29 heavy (non-hydrogen) atoms. The number of carbonyl (C=O) groups excluding carboxylic acids is 1. The van der Waals surface area contributed by atoms with E-state index in [0.29, 0.717) is 31.6 Å². The van der Waals surface area contributed by atoms with Gasteiger partial charge in [-0.1, -0.05) is 42.5 Å². The van der Waals surface area contributed by atoms with Crippen molar-refractivity contribution in [1.29, 1.82) is 0 Å². The van der Waals surface area contributed by atoms with Crippen LogP contribution in [0.5, 0.6) is 0 Å². The van der Waals surface area contributed by atoms with Crippen molar-refractivity contribution in [3.8, 4) is 0 Å². The third-order valence-corrected chi connectivity index (χ3v) is 5.08. The van der Waals surface area contributed by atoms with Gasteiger partial charge in [-0.05, 0) is 37.0 Å². The van der Waals surface area contributed by atoms with Gasteiger partial charge in [0.05, 0.1) is 5.69 Å². The SMILES string of the molecule is O=C(O)CCC(Cc1ccccc1)NC(=O)NC1CCN(c2ccccc2F)C1. The minimum atomic E-state index is -0.887. The van der Waals surface area contributed by atoms with Crippen LogP contribution < -0.4 is 15.5 Å². The monoisotopic (exact) mass is 399 g/mol. The van der Waals surface area contributed by atoms with Gasteiger partial charge in [-0.2, -0.15) is 0 Å². The summed E-state index contributed by atoms with van der Waals surface area (Å²) in [7, 11) is 0. The molecule has 7 heteroatoms. The van der Waals surface area contributed by atoms with Crippen LogP contribution in [0.1, 0.15) is 24.8 Å². The number of halogens is 1. The van der Waals surface area contributed by atoms with E-state index in [1.807, 2.05) is 35.2 Å². The van der Waals surface area contributed by atoms with E-state index < -0.39 is 5.97 Å². The fourth-order valence-electron chi connectivity index (χ4n) is 3.64. The van der Waals surface area contributed by atoms with Crippen molar-refractivity contribution < 1.29 is 19.1 Å². The Morgan fingerprint density at radius 1 is 1.14 bits per heavy atom. The Morgan fingerprint density at radius 3 is 2.59 bits per heavy atom. The lowest BCUT2D eigenvalue weighted by Gasteiger charge is -2.22. The number of amides is 2. The van der Waals surface area contributed by atoms with Gasteiger partial charge in [0.2, 0.25) is 0 Å². The van der Waals surface area contributed by atoms with Crippen LogP contribution in [-0.2, 0) is 11.2 Å². The van der Waals surface area contributed by atoms with Crippen molar-refractivity contribution in [3.05, 3.63) is 66.0 Å². The molecule has 1 saturated heterocycles. The third kappa shape index (κ3) is 6.20. The second-order valence-electron chi connectivity index (χ2n) is 7.32. The summed E-state index contributed by atoms with van der Waals surface area (Å²) in [5.41, 5.74) is 1.58. The highest BCUT2D eigenvalue weighted by Gasteiger charge is 2.26. The number of hydrogen-bond acceptors (Lipinski definition) is 3. The van der Waals surface area contributed by atoms with Crippen LogP contribution in [0, 0.1) is 5.82 Å². The molecular formula is C22H26FN3O3. The smallest absolute Gasteiger partial charge is 0.315 e. The normalized spacial score (nSPS) is 17.0. The summed E-state index contributed by atoms with van der Waals surface area (Å²) in [5.74, 6) is -1.16. The molecule has 154 valence electrons. The highest BCUT2D eigenvalue weighted by atomic mass is 19.1. The highest BCUT2D eigenvalue weighted by Crippen LogP contribution is 2.23. The molecule has 2 aromatic carbocycles. The van der Waals surface area contributed by atoms with Crippen LogP contribution in [0.3, 0.4) is 0 Å². The van der Waals surface area contributed by atoms with Crippen LogP contribution in [0.2, 0.25) is 0 Å². The van der Waals surface area contributed by atoms with Gasteiger partial charge in [-0.25, -0.2) is 9.18 Å². The Morgan fingerprint density at radius 2 is 1.86 bits per heavy atom. The van der Waals surface area contributed by atoms with Gasteiger partial charge in [-0.15, -0.1) is 0 Å². The largest absolute Gasteiger partial charge is 0.481 e. The van der Waals surface area contributed by atoms with E-state index in [-0.39, 0.29) is 30.4 Å². The molecule has 2 aromatic rings. The molecule has 2 amide bonds. The van der Waals surface area contributed by atoms with Crippen LogP contribution in [0.15, 0.2) is 54.6 Å². The van der Waals surface area contributed by atoms with Gasteiger partial charge < -0.3 is 20.6 Å². The van der Waals surface area contributed by atoms with Crippen LogP contribution in [-0.4, -0.2) is 42.3 Å². The van der Waals surface area contributed by atoms with E-state index in [1.165, 1.54) is 6.07 Å². The van der Waals surface area contributed by atoms with E-state index in [2.05, 4.69) is 10.6 Å². The summed E-state index contributed by atoms with van der Waals surface area (Å²) in [6.45, 7) is 1.20. The number of nitrogens with one attached hydrogen (secondary N) is 2. The van der Waals surface area contributed by atoms with Crippen LogP contribution in [0.25, 0.3) is 0 Å². The molecule has 2 unspecified atom stereocenters. The number of aliphatic carboxylic acids is 1. The second-order valence-corrected chi connectivity index (χ2v) is 7.32. The number of carbonyl (C=O) groups is 2. The molecule has 1 heterocycles. The predicted octanol–water partition coefficient (Wildman–Crippen LogP) is 3.18. The molecule has 1 aliphatic rings. The first kappa shape index (κ1) is 20.6. The number of carboxylic acid groups (broad SMARTS) is 1. The molecule has 0 spiro atoms. The minimum Gasteiger partial charge on any atom is -0.481 e. The summed E-state index contributed by atoms with van der Waals surface area (Å²) in [6, 6.07) is 15.6. The molecule has 0 bridgehead atoms. The molecule has 0 saturated carbocycles. The van der Waals surface area contributed by atoms with E-state index in [9.17, 15) is 14.0 Å². The summed E-state index contributed by atoms with van der Waals surface area (Å²) in [4.78, 5) is 25.4. The van der Waals surface area contributed by atoms with Crippen molar-refractivity contribution in [3.63, 3.8) is 0 Å². The molecule has 2 atom stereocenters. The number of anilines is 1. The van der Waals surface area contributed by atoms with Gasteiger partial charge in [0.15, 0.2) is 0 Å². The van der Waals surface area contributed by atoms with Crippen molar-refractivity contribution in [2.24, 2.45) is 0 Å². The summed E-state index contributed by atoms with van der Waals surface area (Å²) in [6.07, 6.45) is 1.62. The Kier molecular flexibility index (Phi) is 7.05. The molecule has 0 aliphatic carbocycles. The van der Waals surface area contributed by atoms with Gasteiger partial charge in [-0.3, -0.25) is 4.79 Å². The second kappa shape index (κ2) is 9.91. The average Bonchev–Trinajstić information content (AvgIpc) is 3.15. The van der Waals surface area contributed by atoms with Crippen molar-refractivity contribution in [1.82, 2.24) is 10.6 Å². The molecule has 1 fully saturated rings. The van der Waals surface area contributed by atoms with E-state index in [1.54, 1.807) is 18.2 Å². The summed E-state index contributed by atoms with van der Waals surface area (Å²) < 4.78 is 14.0. The van der Waals surface area contributed by atoms with E-state index >= 15 is 0 Å². The molecule has 0 aromatic heterocycles. The standard InChI is InChI=1S/C22H26FN3O3/c23-19-8-4-5-9-20(19)26-13-12-18(15-26)25-22(29)24-17(10-11-21(27)28)14-16-6-2-1-3-7-16/h1-9,17-18H,10-15H2,(H,27,28)(H2,24,25,29). The van der Waals surface area contributed by atoms with Gasteiger partial charge >= 0.3 is 12.0 Å². The molecule has 3 rings (SSSR count). The first-order valence-corrected chi connectivity index (χ1v) is 9.83. The summed E-state index contributed by atoms with van der Waals surface area (Å²) in [5, 5.41) is 14.8. The Labute approximate surface area is 169 Å². The zero-order valence-corrected chi connectivity index (χ0v) is 16.2. The quantitative estimate of drug-likeness (QED) is 0.637. The minimum absolute atomic E-state index is 0.0116. The topological polar surface area (TPSA) is 81.7 Å². The number of para-hydroxylation sites is 1. The lowest BCUT2D eigenvalue weighted by molar-refractivity contribution is -0.137. The summed E-state index contributed by atoms with van der Waals surface area (Å²) >= 11 is 0. The third-order valence-electron chi connectivity index (χ3n) is 5.08. The Hall–Kier alpha value is -3.09. The number of rotatable bonds is 8. The number of benzene rings is 2. The fourth-order valence-corrected chi connectivity index (χ4v) is 3.64.